The summed E-state index contributed by atoms with van der Waals surface area (Å²) < 4.78 is 5.17. The molecule has 0 radical (unpaired) electrons. The summed E-state index contributed by atoms with van der Waals surface area (Å²) in [6.07, 6.45) is -0.400. The summed E-state index contributed by atoms with van der Waals surface area (Å²) in [6, 6.07) is 18.6. The highest BCUT2D eigenvalue weighted by molar-refractivity contribution is 6.36. The van der Waals surface area contributed by atoms with Crippen molar-refractivity contribution in [2.75, 3.05) is 12.0 Å². The third-order valence-electron chi connectivity index (χ3n) is 5.43. The van der Waals surface area contributed by atoms with Gasteiger partial charge in [0.05, 0.1) is 25.8 Å². The quantitative estimate of drug-likeness (QED) is 0.530. The molecule has 1 N–H and O–H groups in total. The summed E-state index contributed by atoms with van der Waals surface area (Å²) in [5.41, 5.74) is -0.184. The maximum Gasteiger partial charge on any atom is 0.264 e. The molecule has 0 fully saturated rings. The van der Waals surface area contributed by atoms with E-state index < -0.39 is 17.9 Å². The number of halogens is 2. The van der Waals surface area contributed by atoms with Gasteiger partial charge in [0.15, 0.2) is 11.4 Å². The van der Waals surface area contributed by atoms with Crippen molar-refractivity contribution in [1.29, 1.82) is 0 Å². The van der Waals surface area contributed by atoms with E-state index in [0.717, 1.165) is 0 Å². The highest BCUT2D eigenvalue weighted by Gasteiger charge is 2.51. The minimum atomic E-state index is -2.00. The molecule has 3 aromatic rings. The number of fused-ring (bicyclic) bond motifs is 1. The van der Waals surface area contributed by atoms with Gasteiger partial charge in [-0.3, -0.25) is 9.59 Å². The smallest absolute Gasteiger partial charge is 0.264 e. The predicted molar refractivity (Wildman–Crippen MR) is 120 cm³/mol. The van der Waals surface area contributed by atoms with Crippen LogP contribution in [-0.4, -0.2) is 23.9 Å². The normalized spacial score (nSPS) is 17.5. The Labute approximate surface area is 189 Å². The Kier molecular flexibility index (Phi) is 5.75. The highest BCUT2D eigenvalue weighted by atomic mass is 35.5. The Hall–Kier alpha value is -2.86. The Morgan fingerprint density at radius 1 is 1.03 bits per heavy atom. The first-order valence-electron chi connectivity index (χ1n) is 9.59. The Morgan fingerprint density at radius 3 is 2.42 bits per heavy atom. The van der Waals surface area contributed by atoms with Crippen LogP contribution in [0.1, 0.15) is 27.9 Å². The number of rotatable bonds is 6. The Balaban J connectivity index is 1.70. The third-order valence-corrected chi connectivity index (χ3v) is 6.13. The largest absolute Gasteiger partial charge is 0.497 e. The minimum Gasteiger partial charge on any atom is -0.497 e. The van der Waals surface area contributed by atoms with Gasteiger partial charge in [-0.1, -0.05) is 59.6 Å². The molecule has 1 atom stereocenters. The SMILES string of the molecule is COc1cccc(C(=O)CC2(O)C(=O)N(Cc3c(Cl)cccc3Cl)c3ccccc32)c1. The van der Waals surface area contributed by atoms with E-state index in [9.17, 15) is 14.7 Å². The molecule has 1 aliphatic rings. The second-order valence-corrected chi connectivity index (χ2v) is 8.12. The first kappa shape index (κ1) is 21.4. The van der Waals surface area contributed by atoms with Crippen molar-refractivity contribution in [3.63, 3.8) is 0 Å². The fraction of sp³-hybridized carbons (Fsp3) is 0.167. The van der Waals surface area contributed by atoms with E-state index >= 15 is 0 Å². The molecule has 3 aromatic carbocycles. The van der Waals surface area contributed by atoms with Crippen LogP contribution < -0.4 is 9.64 Å². The van der Waals surface area contributed by atoms with Gasteiger partial charge < -0.3 is 14.7 Å². The molecular weight excluding hydrogens is 437 g/mol. The summed E-state index contributed by atoms with van der Waals surface area (Å²) in [7, 11) is 1.51. The molecule has 1 amide bonds. The van der Waals surface area contributed by atoms with Crippen LogP contribution in [0.15, 0.2) is 66.7 Å². The number of nitrogens with zero attached hydrogens (tertiary/aromatic N) is 1. The van der Waals surface area contributed by atoms with E-state index in [-0.39, 0.29) is 12.3 Å². The molecule has 0 aromatic heterocycles. The standard InChI is InChI=1S/C24H19Cl2NO4/c1-31-16-7-4-6-15(12-16)22(28)13-24(30)18-8-2-3-11-21(18)27(23(24)29)14-17-19(25)9-5-10-20(17)26/h2-12,30H,13-14H2,1H3. The van der Waals surface area contributed by atoms with E-state index in [4.69, 9.17) is 27.9 Å². The lowest BCUT2D eigenvalue weighted by molar-refractivity contribution is -0.136. The number of aliphatic hydroxyl groups is 1. The van der Waals surface area contributed by atoms with Crippen molar-refractivity contribution in [2.24, 2.45) is 0 Å². The number of carbonyl (C=O) groups excluding carboxylic acids is 2. The maximum atomic E-state index is 13.4. The van der Waals surface area contributed by atoms with Crippen LogP contribution in [0.3, 0.4) is 0 Å². The topological polar surface area (TPSA) is 66.8 Å². The lowest BCUT2D eigenvalue weighted by Crippen LogP contribution is -2.41. The number of ether oxygens (including phenoxy) is 1. The van der Waals surface area contributed by atoms with Crippen molar-refractivity contribution >= 4 is 40.6 Å². The average molecular weight is 456 g/mol. The molecule has 0 bridgehead atoms. The van der Waals surface area contributed by atoms with Gasteiger partial charge in [-0.05, 0) is 30.3 Å². The van der Waals surface area contributed by atoms with Crippen molar-refractivity contribution < 1.29 is 19.4 Å². The number of ketones is 1. The molecule has 7 heteroatoms. The average Bonchev–Trinajstić information content (AvgIpc) is 2.98. The van der Waals surface area contributed by atoms with Crippen LogP contribution >= 0.6 is 23.2 Å². The number of methoxy groups -OCH3 is 1. The second kappa shape index (κ2) is 8.35. The number of benzene rings is 3. The predicted octanol–water partition coefficient (Wildman–Crippen LogP) is 5.01. The van der Waals surface area contributed by atoms with Gasteiger partial charge in [-0.2, -0.15) is 0 Å². The lowest BCUT2D eigenvalue weighted by atomic mass is 9.88. The van der Waals surface area contributed by atoms with E-state index in [1.165, 1.54) is 12.0 Å². The van der Waals surface area contributed by atoms with Crippen LogP contribution in [0.25, 0.3) is 0 Å². The lowest BCUT2D eigenvalue weighted by Gasteiger charge is -2.23. The zero-order valence-corrected chi connectivity index (χ0v) is 18.2. The van der Waals surface area contributed by atoms with Gasteiger partial charge in [0.1, 0.15) is 5.75 Å². The summed E-state index contributed by atoms with van der Waals surface area (Å²) in [6.45, 7) is 0.0734. The number of hydrogen-bond donors (Lipinski definition) is 1. The van der Waals surface area contributed by atoms with E-state index in [1.807, 2.05) is 0 Å². The van der Waals surface area contributed by atoms with Gasteiger partial charge in [-0.15, -0.1) is 0 Å². The molecule has 0 aliphatic carbocycles. The van der Waals surface area contributed by atoms with Crippen LogP contribution in [0, 0.1) is 0 Å². The maximum absolute atomic E-state index is 13.4. The number of anilines is 1. The number of para-hydroxylation sites is 1. The number of Topliss-reactive ketones (excluding diaryl/α,β-unsaturated/α-hetero) is 1. The first-order chi connectivity index (χ1) is 14.8. The first-order valence-corrected chi connectivity index (χ1v) is 10.3. The summed E-state index contributed by atoms with van der Waals surface area (Å²) in [5, 5.41) is 12.3. The van der Waals surface area contributed by atoms with Gasteiger partial charge >= 0.3 is 0 Å². The van der Waals surface area contributed by atoms with Gasteiger partial charge in [-0.25, -0.2) is 0 Å². The zero-order valence-electron chi connectivity index (χ0n) is 16.6. The molecule has 0 saturated heterocycles. The summed E-state index contributed by atoms with van der Waals surface area (Å²) >= 11 is 12.6. The third kappa shape index (κ3) is 3.81. The molecule has 1 heterocycles. The molecular formula is C24H19Cl2NO4. The fourth-order valence-electron chi connectivity index (χ4n) is 3.81. The second-order valence-electron chi connectivity index (χ2n) is 7.30. The van der Waals surface area contributed by atoms with Gasteiger partial charge in [0.2, 0.25) is 0 Å². The summed E-state index contributed by atoms with van der Waals surface area (Å²) in [5.74, 6) is -0.450. The molecule has 0 saturated carbocycles. The molecule has 5 nitrogen and oxygen atoms in total. The number of hydrogen-bond acceptors (Lipinski definition) is 4. The van der Waals surface area contributed by atoms with Crippen molar-refractivity contribution in [2.45, 2.75) is 18.6 Å². The van der Waals surface area contributed by atoms with Crippen LogP contribution in [0.5, 0.6) is 5.75 Å². The minimum absolute atomic E-state index is 0.0734. The molecule has 4 rings (SSSR count). The van der Waals surface area contributed by atoms with Crippen LogP contribution in [0.4, 0.5) is 5.69 Å². The van der Waals surface area contributed by atoms with E-state index in [0.29, 0.717) is 38.2 Å². The van der Waals surface area contributed by atoms with Crippen LogP contribution in [0.2, 0.25) is 10.0 Å². The van der Waals surface area contributed by atoms with Crippen molar-refractivity contribution in [3.05, 3.63) is 93.5 Å². The number of amides is 1. The van der Waals surface area contributed by atoms with Gasteiger partial charge in [0.25, 0.3) is 5.91 Å². The summed E-state index contributed by atoms with van der Waals surface area (Å²) in [4.78, 5) is 27.8. The molecule has 31 heavy (non-hydrogen) atoms. The van der Waals surface area contributed by atoms with Crippen LogP contribution in [-0.2, 0) is 16.9 Å². The monoisotopic (exact) mass is 455 g/mol. The molecule has 158 valence electrons. The van der Waals surface area contributed by atoms with Gasteiger partial charge in [0, 0.05) is 26.7 Å². The van der Waals surface area contributed by atoms with Crippen molar-refractivity contribution in [1.82, 2.24) is 0 Å². The number of carbonyl (C=O) groups is 2. The molecule has 1 aliphatic heterocycles. The van der Waals surface area contributed by atoms with Crippen molar-refractivity contribution in [3.8, 4) is 5.75 Å². The fourth-order valence-corrected chi connectivity index (χ4v) is 4.32. The molecule has 1 unspecified atom stereocenters. The Bertz CT molecular complexity index is 1160. The Morgan fingerprint density at radius 2 is 1.71 bits per heavy atom. The van der Waals surface area contributed by atoms with E-state index in [2.05, 4.69) is 0 Å². The highest BCUT2D eigenvalue weighted by Crippen LogP contribution is 2.44. The zero-order chi connectivity index (χ0) is 22.2. The molecule has 0 spiro atoms. The van der Waals surface area contributed by atoms with E-state index in [1.54, 1.807) is 66.7 Å².